The van der Waals surface area contributed by atoms with Gasteiger partial charge in [0.1, 0.15) is 11.9 Å². The summed E-state index contributed by atoms with van der Waals surface area (Å²) >= 11 is 1.62. The second-order valence-corrected chi connectivity index (χ2v) is 7.43. The summed E-state index contributed by atoms with van der Waals surface area (Å²) in [5.74, 6) is 1.54. The van der Waals surface area contributed by atoms with Gasteiger partial charge in [-0.15, -0.1) is 35.3 Å². The minimum Gasteiger partial charge on any atom is -0.496 e. The maximum atomic E-state index is 10.5. The van der Waals surface area contributed by atoms with Crippen molar-refractivity contribution in [1.29, 1.82) is 0 Å². The van der Waals surface area contributed by atoms with E-state index < -0.39 is 6.10 Å². The Bertz CT molecular complexity index is 909. The minimum atomic E-state index is -0.579. The first-order valence-electron chi connectivity index (χ1n) is 8.85. The third kappa shape index (κ3) is 5.59. The molecule has 1 aromatic heterocycles. The van der Waals surface area contributed by atoms with Gasteiger partial charge in [-0.25, -0.2) is 0 Å². The molecule has 3 N–H and O–H groups in total. The third-order valence-electron chi connectivity index (χ3n) is 4.38. The van der Waals surface area contributed by atoms with Crippen molar-refractivity contribution in [1.82, 2.24) is 10.6 Å². The van der Waals surface area contributed by atoms with Crippen molar-refractivity contribution in [3.8, 4) is 5.75 Å². The lowest BCUT2D eigenvalue weighted by atomic mass is 10.1. The van der Waals surface area contributed by atoms with Crippen molar-refractivity contribution < 1.29 is 9.84 Å². The molecule has 0 aliphatic carbocycles. The molecule has 1 unspecified atom stereocenters. The summed E-state index contributed by atoms with van der Waals surface area (Å²) in [4.78, 5) is 5.18. The number of guanidine groups is 1. The zero-order valence-corrected chi connectivity index (χ0v) is 19.4. The van der Waals surface area contributed by atoms with Gasteiger partial charge in [0.25, 0.3) is 0 Å². The zero-order chi connectivity index (χ0) is 19.2. The normalized spacial score (nSPS) is 12.4. The molecule has 0 spiro atoms. The molecule has 0 amide bonds. The van der Waals surface area contributed by atoms with E-state index in [1.807, 2.05) is 37.3 Å². The lowest BCUT2D eigenvalue weighted by molar-refractivity contribution is 0.184. The molecule has 7 heteroatoms. The second kappa shape index (κ2) is 10.6. The molecule has 0 saturated carbocycles. The fourth-order valence-electron chi connectivity index (χ4n) is 2.92. The summed E-state index contributed by atoms with van der Waals surface area (Å²) in [6.45, 7) is 3.06. The molecule has 150 valence electrons. The predicted octanol–water partition coefficient (Wildman–Crippen LogP) is 4.23. The van der Waals surface area contributed by atoms with Crippen LogP contribution in [-0.4, -0.2) is 31.8 Å². The molecule has 0 saturated heterocycles. The van der Waals surface area contributed by atoms with Crippen molar-refractivity contribution in [3.05, 3.63) is 64.5 Å². The highest BCUT2D eigenvalue weighted by Crippen LogP contribution is 2.29. The summed E-state index contributed by atoms with van der Waals surface area (Å²) in [6, 6.07) is 16.3. The van der Waals surface area contributed by atoms with E-state index in [0.717, 1.165) is 27.1 Å². The standard InChI is InChI=1S/C21H25N3O2S.HI/c1-14-10-15(8-9-18(14)26-3)12-23-21(22-2)24-13-17(25)20-11-16-6-4-5-7-19(16)27-20;/h4-11,17,25H,12-13H2,1-3H3,(H2,22,23,24);1H. The minimum absolute atomic E-state index is 0. The van der Waals surface area contributed by atoms with Gasteiger partial charge in [0, 0.05) is 29.7 Å². The molecule has 3 rings (SSSR count). The van der Waals surface area contributed by atoms with Crippen molar-refractivity contribution in [3.63, 3.8) is 0 Å². The van der Waals surface area contributed by atoms with E-state index in [0.29, 0.717) is 19.0 Å². The van der Waals surface area contributed by atoms with Gasteiger partial charge in [-0.3, -0.25) is 4.99 Å². The summed E-state index contributed by atoms with van der Waals surface area (Å²) < 4.78 is 6.48. The van der Waals surface area contributed by atoms with Gasteiger partial charge < -0.3 is 20.5 Å². The molecule has 0 aliphatic heterocycles. The number of aliphatic imine (C=N–C) groups is 1. The molecule has 0 aliphatic rings. The van der Waals surface area contributed by atoms with Gasteiger partial charge in [-0.2, -0.15) is 0 Å². The number of hydrogen-bond acceptors (Lipinski definition) is 4. The van der Waals surface area contributed by atoms with E-state index in [4.69, 9.17) is 4.74 Å². The number of ether oxygens (including phenoxy) is 1. The maximum absolute atomic E-state index is 10.5. The van der Waals surface area contributed by atoms with E-state index in [1.165, 1.54) is 4.70 Å². The van der Waals surface area contributed by atoms with E-state index >= 15 is 0 Å². The highest BCUT2D eigenvalue weighted by Gasteiger charge is 2.12. The number of halogens is 1. The molecular formula is C21H26IN3O2S. The Morgan fingerprint density at radius 2 is 1.96 bits per heavy atom. The summed E-state index contributed by atoms with van der Waals surface area (Å²) in [7, 11) is 3.40. The van der Waals surface area contributed by atoms with Crippen LogP contribution in [0.2, 0.25) is 0 Å². The van der Waals surface area contributed by atoms with Gasteiger partial charge >= 0.3 is 0 Å². The first-order valence-corrected chi connectivity index (χ1v) is 9.67. The van der Waals surface area contributed by atoms with Crippen LogP contribution in [0, 0.1) is 6.92 Å². The van der Waals surface area contributed by atoms with Gasteiger partial charge in [0.05, 0.1) is 7.11 Å². The average Bonchev–Trinajstić information content (AvgIpc) is 3.12. The highest BCUT2D eigenvalue weighted by molar-refractivity contribution is 14.0. The van der Waals surface area contributed by atoms with Crippen molar-refractivity contribution in [2.24, 2.45) is 4.99 Å². The van der Waals surface area contributed by atoms with Crippen LogP contribution in [0.25, 0.3) is 10.1 Å². The van der Waals surface area contributed by atoms with E-state index in [-0.39, 0.29) is 24.0 Å². The number of methoxy groups -OCH3 is 1. The fourth-order valence-corrected chi connectivity index (χ4v) is 3.97. The lowest BCUT2D eigenvalue weighted by Crippen LogP contribution is -2.38. The van der Waals surface area contributed by atoms with Crippen molar-refractivity contribution >= 4 is 51.4 Å². The Hall–Kier alpha value is -1.84. The molecule has 2 aromatic carbocycles. The lowest BCUT2D eigenvalue weighted by Gasteiger charge is -2.15. The van der Waals surface area contributed by atoms with Crippen LogP contribution in [-0.2, 0) is 6.54 Å². The zero-order valence-electron chi connectivity index (χ0n) is 16.2. The summed E-state index contributed by atoms with van der Waals surface area (Å²) in [6.07, 6.45) is -0.579. The van der Waals surface area contributed by atoms with Crippen molar-refractivity contribution in [2.75, 3.05) is 20.7 Å². The number of aryl methyl sites for hydroxylation is 1. The van der Waals surface area contributed by atoms with Gasteiger partial charge in [-0.05, 0) is 41.6 Å². The Labute approximate surface area is 186 Å². The molecule has 5 nitrogen and oxygen atoms in total. The number of aliphatic hydroxyl groups excluding tert-OH is 1. The maximum Gasteiger partial charge on any atom is 0.191 e. The predicted molar refractivity (Wildman–Crippen MR) is 128 cm³/mol. The largest absolute Gasteiger partial charge is 0.496 e. The van der Waals surface area contributed by atoms with Crippen molar-refractivity contribution in [2.45, 2.75) is 19.6 Å². The van der Waals surface area contributed by atoms with Gasteiger partial charge in [0.2, 0.25) is 0 Å². The first-order chi connectivity index (χ1) is 13.1. The van der Waals surface area contributed by atoms with Gasteiger partial charge in [0.15, 0.2) is 5.96 Å². The number of nitrogens with zero attached hydrogens (tertiary/aromatic N) is 1. The quantitative estimate of drug-likeness (QED) is 0.263. The molecule has 1 heterocycles. The smallest absolute Gasteiger partial charge is 0.191 e. The second-order valence-electron chi connectivity index (χ2n) is 6.31. The summed E-state index contributed by atoms with van der Waals surface area (Å²) in [5, 5.41) is 18.1. The van der Waals surface area contributed by atoms with Crippen LogP contribution in [0.5, 0.6) is 5.75 Å². The Morgan fingerprint density at radius 1 is 1.18 bits per heavy atom. The molecule has 28 heavy (non-hydrogen) atoms. The monoisotopic (exact) mass is 511 g/mol. The van der Waals surface area contributed by atoms with Crippen LogP contribution >= 0.6 is 35.3 Å². The number of nitrogens with one attached hydrogen (secondary N) is 2. The van der Waals surface area contributed by atoms with Crippen LogP contribution < -0.4 is 15.4 Å². The average molecular weight is 511 g/mol. The SMILES string of the molecule is CN=C(NCc1ccc(OC)c(C)c1)NCC(O)c1cc2ccccc2s1.I. The Kier molecular flexibility index (Phi) is 8.53. The molecule has 0 bridgehead atoms. The van der Waals surface area contributed by atoms with Gasteiger partial charge in [-0.1, -0.05) is 30.3 Å². The molecule has 0 radical (unpaired) electrons. The van der Waals surface area contributed by atoms with E-state index in [9.17, 15) is 5.11 Å². The number of benzene rings is 2. The number of rotatable bonds is 6. The molecule has 0 fully saturated rings. The Balaban J connectivity index is 0.00000280. The van der Waals surface area contributed by atoms with Crippen LogP contribution in [0.4, 0.5) is 0 Å². The molecule has 3 aromatic rings. The topological polar surface area (TPSA) is 65.9 Å². The number of hydrogen-bond donors (Lipinski definition) is 3. The van der Waals surface area contributed by atoms with E-state index in [1.54, 1.807) is 25.5 Å². The number of fused-ring (bicyclic) bond motifs is 1. The summed E-state index contributed by atoms with van der Waals surface area (Å²) in [5.41, 5.74) is 2.24. The van der Waals surface area contributed by atoms with Crippen LogP contribution in [0.3, 0.4) is 0 Å². The fraction of sp³-hybridized carbons (Fsp3) is 0.286. The van der Waals surface area contributed by atoms with E-state index in [2.05, 4.69) is 33.8 Å². The third-order valence-corrected chi connectivity index (χ3v) is 5.60. The molecule has 1 atom stereocenters. The van der Waals surface area contributed by atoms with Crippen LogP contribution in [0.15, 0.2) is 53.5 Å². The Morgan fingerprint density at radius 3 is 2.64 bits per heavy atom. The number of aliphatic hydroxyl groups is 1. The number of thiophene rings is 1. The highest BCUT2D eigenvalue weighted by atomic mass is 127. The first kappa shape index (κ1) is 22.4. The van der Waals surface area contributed by atoms with Crippen LogP contribution in [0.1, 0.15) is 22.1 Å². The molecular weight excluding hydrogens is 485 g/mol.